The Hall–Kier alpha value is -2.82. The minimum atomic E-state index is -0.650. The first-order chi connectivity index (χ1) is 12.9. The topological polar surface area (TPSA) is 121 Å². The molecule has 0 spiro atoms. The van der Waals surface area contributed by atoms with Gasteiger partial charge in [0.25, 0.3) is 5.69 Å². The summed E-state index contributed by atoms with van der Waals surface area (Å²) in [5.74, 6) is -0.262. The number of amidine groups is 1. The number of amides is 1. The summed E-state index contributed by atoms with van der Waals surface area (Å²) in [6.07, 6.45) is -0.276. The van der Waals surface area contributed by atoms with Crippen molar-refractivity contribution in [3.05, 3.63) is 39.9 Å². The highest BCUT2D eigenvalue weighted by atomic mass is 32.1. The Morgan fingerprint density at radius 1 is 1.33 bits per heavy atom. The summed E-state index contributed by atoms with van der Waals surface area (Å²) in [5, 5.41) is 14.3. The molecule has 1 aromatic rings. The predicted octanol–water partition coefficient (Wildman–Crippen LogP) is 2.13. The van der Waals surface area contributed by atoms with Crippen molar-refractivity contribution < 1.29 is 28.8 Å². The second-order valence-electron chi connectivity index (χ2n) is 5.53. The first-order valence-corrected chi connectivity index (χ1v) is 8.62. The first kappa shape index (κ1) is 20.5. The van der Waals surface area contributed by atoms with Crippen LogP contribution in [0.1, 0.15) is 18.9 Å². The lowest BCUT2D eigenvalue weighted by atomic mass is 10.2. The lowest BCUT2D eigenvalue weighted by Gasteiger charge is -2.16. The third-order valence-corrected chi connectivity index (χ3v) is 3.86. The molecule has 0 bridgehead atoms. The average molecular weight is 397 g/mol. The van der Waals surface area contributed by atoms with Gasteiger partial charge < -0.3 is 14.3 Å². The highest BCUT2D eigenvalue weighted by Gasteiger charge is 2.32. The Morgan fingerprint density at radius 3 is 2.67 bits per heavy atom. The summed E-state index contributed by atoms with van der Waals surface area (Å²) in [6.45, 7) is 1.78. The number of rotatable bonds is 7. The summed E-state index contributed by atoms with van der Waals surface area (Å²) in [4.78, 5) is 39.9. The molecule has 1 saturated heterocycles. The molecule has 0 unspecified atom stereocenters. The number of nitro groups is 1. The number of nitro benzene ring substituents is 1. The molecule has 1 aliphatic rings. The molecule has 1 amide bonds. The summed E-state index contributed by atoms with van der Waals surface area (Å²) >= 11 is 4.33. The highest BCUT2D eigenvalue weighted by Crippen LogP contribution is 2.19. The molecule has 0 aliphatic carbocycles. The second kappa shape index (κ2) is 9.76. The molecule has 0 N–H and O–H groups in total. The van der Waals surface area contributed by atoms with Crippen LogP contribution in [-0.4, -0.2) is 52.7 Å². The molecule has 1 aliphatic heterocycles. The zero-order valence-electron chi connectivity index (χ0n) is 14.6. The van der Waals surface area contributed by atoms with E-state index in [9.17, 15) is 19.7 Å². The van der Waals surface area contributed by atoms with Gasteiger partial charge in [0.1, 0.15) is 6.61 Å². The third kappa shape index (κ3) is 6.13. The van der Waals surface area contributed by atoms with Gasteiger partial charge in [-0.2, -0.15) is 12.6 Å². The minimum absolute atomic E-state index is 0.0456. The molecule has 0 saturated carbocycles. The molecule has 1 heterocycles. The number of carbonyl (C=O) groups excluding carboxylic acids is 2. The number of esters is 1. The van der Waals surface area contributed by atoms with E-state index in [4.69, 9.17) is 14.3 Å². The summed E-state index contributed by atoms with van der Waals surface area (Å²) in [7, 11) is 0. The summed E-state index contributed by atoms with van der Waals surface area (Å²) in [5.41, 5.74) is 0.559. The van der Waals surface area contributed by atoms with E-state index in [1.807, 2.05) is 0 Å². The van der Waals surface area contributed by atoms with Crippen LogP contribution in [0.4, 0.5) is 10.5 Å². The largest absolute Gasteiger partial charge is 0.463 e. The van der Waals surface area contributed by atoms with Gasteiger partial charge in [-0.3, -0.25) is 15.0 Å². The van der Waals surface area contributed by atoms with E-state index >= 15 is 0 Å². The van der Waals surface area contributed by atoms with Crippen LogP contribution in [0.3, 0.4) is 0 Å². The zero-order chi connectivity index (χ0) is 19.8. The van der Waals surface area contributed by atoms with Crippen LogP contribution in [-0.2, 0) is 25.7 Å². The zero-order valence-corrected chi connectivity index (χ0v) is 15.5. The van der Waals surface area contributed by atoms with E-state index in [1.54, 1.807) is 6.92 Å². The molecule has 11 heteroatoms. The van der Waals surface area contributed by atoms with E-state index in [0.717, 1.165) is 0 Å². The Balaban J connectivity index is 1.90. The molecule has 1 fully saturated rings. The Kier molecular flexibility index (Phi) is 7.41. The number of non-ortho nitro benzene ring substituents is 1. The van der Waals surface area contributed by atoms with Crippen LogP contribution in [0.25, 0.3) is 0 Å². The van der Waals surface area contributed by atoms with Crippen LogP contribution in [0.5, 0.6) is 0 Å². The maximum Gasteiger partial charge on any atom is 0.415 e. The molecule has 1 atom stereocenters. The molecule has 2 rings (SSSR count). The second-order valence-corrected chi connectivity index (χ2v) is 6.26. The van der Waals surface area contributed by atoms with Gasteiger partial charge >= 0.3 is 12.1 Å². The maximum absolute atomic E-state index is 12.3. The van der Waals surface area contributed by atoms with E-state index in [1.165, 1.54) is 29.2 Å². The number of ether oxygens (including phenoxy) is 2. The number of hydrogen-bond acceptors (Lipinski definition) is 9. The van der Waals surface area contributed by atoms with Gasteiger partial charge in [0.05, 0.1) is 11.5 Å². The van der Waals surface area contributed by atoms with Crippen LogP contribution < -0.4 is 0 Å². The number of thiol groups is 1. The van der Waals surface area contributed by atoms with Crippen molar-refractivity contribution in [3.8, 4) is 0 Å². The van der Waals surface area contributed by atoms with Crippen molar-refractivity contribution >= 4 is 36.2 Å². The summed E-state index contributed by atoms with van der Waals surface area (Å²) < 4.78 is 9.93. The van der Waals surface area contributed by atoms with Gasteiger partial charge in [-0.1, -0.05) is 5.16 Å². The van der Waals surface area contributed by atoms with Crippen molar-refractivity contribution in [1.82, 2.24) is 4.90 Å². The quantitative estimate of drug-likeness (QED) is 0.324. The summed E-state index contributed by atoms with van der Waals surface area (Å²) in [6, 6.07) is 5.68. The fourth-order valence-corrected chi connectivity index (χ4v) is 2.59. The number of oxime groups is 1. The molecule has 27 heavy (non-hydrogen) atoms. The number of benzene rings is 1. The fraction of sp³-hybridized carbons (Fsp3) is 0.438. The molecular formula is C16H19N3O7S. The van der Waals surface area contributed by atoms with Crippen molar-refractivity contribution in [3.63, 3.8) is 0 Å². The van der Waals surface area contributed by atoms with Crippen LogP contribution in [0.2, 0.25) is 0 Å². The van der Waals surface area contributed by atoms with Crippen molar-refractivity contribution in [2.75, 3.05) is 19.8 Å². The third-order valence-electron chi connectivity index (χ3n) is 3.51. The van der Waals surface area contributed by atoms with E-state index in [-0.39, 0.29) is 37.3 Å². The number of hydrogen-bond donors (Lipinski definition) is 1. The van der Waals surface area contributed by atoms with Crippen LogP contribution >= 0.6 is 12.6 Å². The Morgan fingerprint density at radius 2 is 2.04 bits per heavy atom. The standard InChI is InChI=1S/C16H19N3O7S/c1-2-24-15(20)10-26-17-14-7-13(27)8-18(14)16(21)25-9-11-3-5-12(6-4-11)19(22)23/h3-6,13,27H,2,7-10H2,1H3/b17-14+/t13-/m0/s1. The highest BCUT2D eigenvalue weighted by molar-refractivity contribution is 7.81. The van der Waals surface area contributed by atoms with Gasteiger partial charge in [0.15, 0.2) is 5.84 Å². The molecule has 0 aromatic heterocycles. The van der Waals surface area contributed by atoms with Gasteiger partial charge in [-0.05, 0) is 24.6 Å². The normalized spacial score (nSPS) is 17.6. The lowest BCUT2D eigenvalue weighted by Crippen LogP contribution is -2.33. The Labute approximate surface area is 160 Å². The molecule has 10 nitrogen and oxygen atoms in total. The van der Waals surface area contributed by atoms with Crippen molar-refractivity contribution in [1.29, 1.82) is 0 Å². The van der Waals surface area contributed by atoms with Gasteiger partial charge in [0, 0.05) is 30.3 Å². The monoisotopic (exact) mass is 397 g/mol. The van der Waals surface area contributed by atoms with E-state index < -0.39 is 17.0 Å². The molecule has 0 radical (unpaired) electrons. The fourth-order valence-electron chi connectivity index (χ4n) is 2.27. The van der Waals surface area contributed by atoms with Crippen LogP contribution in [0, 0.1) is 10.1 Å². The van der Waals surface area contributed by atoms with E-state index in [0.29, 0.717) is 17.8 Å². The smallest absolute Gasteiger partial charge is 0.415 e. The molecule has 146 valence electrons. The lowest BCUT2D eigenvalue weighted by molar-refractivity contribution is -0.384. The van der Waals surface area contributed by atoms with Gasteiger partial charge in [-0.15, -0.1) is 0 Å². The minimum Gasteiger partial charge on any atom is -0.463 e. The number of nitrogens with zero attached hydrogens (tertiary/aromatic N) is 3. The number of carbonyl (C=O) groups is 2. The Bertz CT molecular complexity index is 723. The molecule has 1 aromatic carbocycles. The first-order valence-electron chi connectivity index (χ1n) is 8.10. The van der Waals surface area contributed by atoms with Crippen molar-refractivity contribution in [2.45, 2.75) is 25.2 Å². The maximum atomic E-state index is 12.3. The van der Waals surface area contributed by atoms with Crippen molar-refractivity contribution in [2.24, 2.45) is 5.16 Å². The van der Waals surface area contributed by atoms with Gasteiger partial charge in [-0.25, -0.2) is 9.59 Å². The SMILES string of the molecule is CCOC(=O)CO/N=C1\C[C@H](S)CN1C(=O)OCc1ccc([N+](=O)[O-])cc1. The number of likely N-dealkylation sites (tertiary alicyclic amines) is 1. The van der Waals surface area contributed by atoms with Crippen LogP contribution in [0.15, 0.2) is 29.4 Å². The van der Waals surface area contributed by atoms with Gasteiger partial charge in [0.2, 0.25) is 6.61 Å². The molecular weight excluding hydrogens is 378 g/mol. The average Bonchev–Trinajstić information content (AvgIpc) is 3.01. The van der Waals surface area contributed by atoms with E-state index in [2.05, 4.69) is 17.8 Å². The predicted molar refractivity (Wildman–Crippen MR) is 97.4 cm³/mol.